The summed E-state index contributed by atoms with van der Waals surface area (Å²) in [4.78, 5) is 32.3. The lowest BCUT2D eigenvalue weighted by molar-refractivity contribution is -0.138. The molecule has 3 aromatic rings. The summed E-state index contributed by atoms with van der Waals surface area (Å²) in [6.07, 6.45) is 7.73. The standard InChI is InChI=1S/C26H32N6OS/c1-18-10-11-27-24(16-18)30-23-5-3-4-21(29-23)22-17-28-25(34-22)19-6-8-20(9-7-19)26(33)32-14-12-31(2)13-15-32/h3-5,10-11,16-17,19-20H,6-9,12-15H2,1-2H3,(H,27,29,30). The van der Waals surface area contributed by atoms with Gasteiger partial charge in [-0.3, -0.25) is 4.79 Å². The molecule has 8 heteroatoms. The predicted molar refractivity (Wildman–Crippen MR) is 136 cm³/mol. The number of likely N-dealkylation sites (N-methyl/N-ethyl adjacent to an activating group) is 1. The van der Waals surface area contributed by atoms with Crippen LogP contribution in [0, 0.1) is 12.8 Å². The molecule has 0 atom stereocenters. The smallest absolute Gasteiger partial charge is 0.225 e. The highest BCUT2D eigenvalue weighted by molar-refractivity contribution is 7.15. The van der Waals surface area contributed by atoms with E-state index in [1.54, 1.807) is 17.5 Å². The van der Waals surface area contributed by atoms with E-state index in [1.807, 2.05) is 43.5 Å². The van der Waals surface area contributed by atoms with E-state index in [-0.39, 0.29) is 5.92 Å². The van der Waals surface area contributed by atoms with Crippen molar-refractivity contribution in [3.05, 3.63) is 53.3 Å². The summed E-state index contributed by atoms with van der Waals surface area (Å²) in [6, 6.07) is 9.97. The Labute approximate surface area is 205 Å². The molecule has 1 amide bonds. The summed E-state index contributed by atoms with van der Waals surface area (Å²) in [5.41, 5.74) is 2.07. The zero-order valence-corrected chi connectivity index (χ0v) is 20.7. The number of carbonyl (C=O) groups is 1. The summed E-state index contributed by atoms with van der Waals surface area (Å²) < 4.78 is 0. The number of hydrogen-bond acceptors (Lipinski definition) is 7. The fourth-order valence-electron chi connectivity index (χ4n) is 4.84. The van der Waals surface area contributed by atoms with Gasteiger partial charge in [-0.15, -0.1) is 11.3 Å². The van der Waals surface area contributed by atoms with Crippen molar-refractivity contribution >= 4 is 28.9 Å². The fourth-order valence-corrected chi connectivity index (χ4v) is 5.90. The second-order valence-corrected chi connectivity index (χ2v) is 10.6. The molecule has 3 aromatic heterocycles. The number of rotatable bonds is 5. The Morgan fingerprint density at radius 1 is 1.03 bits per heavy atom. The van der Waals surface area contributed by atoms with Crippen molar-refractivity contribution in [3.63, 3.8) is 0 Å². The summed E-state index contributed by atoms with van der Waals surface area (Å²) in [6.45, 7) is 5.74. The van der Waals surface area contributed by atoms with Crippen LogP contribution < -0.4 is 5.32 Å². The van der Waals surface area contributed by atoms with Gasteiger partial charge in [0.05, 0.1) is 15.6 Å². The molecule has 0 unspecified atom stereocenters. The zero-order chi connectivity index (χ0) is 23.5. The van der Waals surface area contributed by atoms with Gasteiger partial charge < -0.3 is 15.1 Å². The van der Waals surface area contributed by atoms with Gasteiger partial charge in [-0.1, -0.05) is 6.07 Å². The largest absolute Gasteiger partial charge is 0.340 e. The first kappa shape index (κ1) is 22.9. The van der Waals surface area contributed by atoms with Gasteiger partial charge in [0.2, 0.25) is 5.91 Å². The Balaban J connectivity index is 1.20. The van der Waals surface area contributed by atoms with Crippen LogP contribution in [0.5, 0.6) is 0 Å². The van der Waals surface area contributed by atoms with E-state index in [1.165, 1.54) is 5.01 Å². The van der Waals surface area contributed by atoms with Crippen LogP contribution in [-0.2, 0) is 4.79 Å². The van der Waals surface area contributed by atoms with E-state index < -0.39 is 0 Å². The van der Waals surface area contributed by atoms with Crippen molar-refractivity contribution in [2.75, 3.05) is 38.5 Å². The molecule has 0 bridgehead atoms. The first-order chi connectivity index (χ1) is 16.5. The van der Waals surface area contributed by atoms with E-state index in [4.69, 9.17) is 9.97 Å². The number of anilines is 2. The highest BCUT2D eigenvalue weighted by Crippen LogP contribution is 2.39. The molecule has 7 nitrogen and oxygen atoms in total. The molecule has 0 aromatic carbocycles. The lowest BCUT2D eigenvalue weighted by Crippen LogP contribution is -2.49. The number of nitrogens with zero attached hydrogens (tertiary/aromatic N) is 5. The van der Waals surface area contributed by atoms with Crippen molar-refractivity contribution in [2.24, 2.45) is 5.92 Å². The van der Waals surface area contributed by atoms with Crippen LogP contribution in [0.4, 0.5) is 11.6 Å². The number of amides is 1. The molecule has 1 N–H and O–H groups in total. The third kappa shape index (κ3) is 5.28. The molecule has 2 fully saturated rings. The lowest BCUT2D eigenvalue weighted by atomic mass is 9.81. The maximum atomic E-state index is 12.9. The van der Waals surface area contributed by atoms with Crippen molar-refractivity contribution < 1.29 is 4.79 Å². The molecule has 0 spiro atoms. The number of aryl methyl sites for hydroxylation is 1. The summed E-state index contributed by atoms with van der Waals surface area (Å²) in [5.74, 6) is 2.54. The average Bonchev–Trinajstić information content (AvgIpc) is 3.35. The fraction of sp³-hybridized carbons (Fsp3) is 0.462. The van der Waals surface area contributed by atoms with Crippen LogP contribution in [0.25, 0.3) is 10.6 Å². The number of nitrogens with one attached hydrogen (secondary N) is 1. The third-order valence-corrected chi connectivity index (χ3v) is 8.12. The maximum Gasteiger partial charge on any atom is 0.225 e. The highest BCUT2D eigenvalue weighted by Gasteiger charge is 2.32. The van der Waals surface area contributed by atoms with Crippen LogP contribution in [0.1, 0.15) is 42.2 Å². The molecule has 1 aliphatic heterocycles. The number of aromatic nitrogens is 3. The van der Waals surface area contributed by atoms with Crippen LogP contribution in [0.15, 0.2) is 42.7 Å². The molecule has 5 rings (SSSR count). The van der Waals surface area contributed by atoms with Crippen LogP contribution in [0.3, 0.4) is 0 Å². The first-order valence-corrected chi connectivity index (χ1v) is 13.0. The Bertz CT molecular complexity index is 1130. The van der Waals surface area contributed by atoms with Crippen LogP contribution in [0.2, 0.25) is 0 Å². The van der Waals surface area contributed by atoms with Crippen LogP contribution >= 0.6 is 11.3 Å². The number of piperazine rings is 1. The third-order valence-electron chi connectivity index (χ3n) is 6.94. The molecule has 1 saturated carbocycles. The number of thiazole rings is 1. The average molecular weight is 477 g/mol. The molecular formula is C26H32N6OS. The van der Waals surface area contributed by atoms with Crippen molar-refractivity contribution in [1.29, 1.82) is 0 Å². The number of hydrogen-bond donors (Lipinski definition) is 1. The summed E-state index contributed by atoms with van der Waals surface area (Å²) in [5, 5.41) is 4.46. The molecule has 0 radical (unpaired) electrons. The van der Waals surface area contributed by atoms with Crippen molar-refractivity contribution in [2.45, 2.75) is 38.5 Å². The minimum atomic E-state index is 0.179. The first-order valence-electron chi connectivity index (χ1n) is 12.2. The van der Waals surface area contributed by atoms with E-state index >= 15 is 0 Å². The van der Waals surface area contributed by atoms with E-state index in [0.29, 0.717) is 11.8 Å². The second-order valence-electron chi connectivity index (χ2n) is 9.49. The molecular weight excluding hydrogens is 444 g/mol. The van der Waals surface area contributed by atoms with Crippen molar-refractivity contribution in [3.8, 4) is 10.6 Å². The molecule has 1 aliphatic carbocycles. The molecule has 2 aliphatic rings. The molecule has 1 saturated heterocycles. The lowest BCUT2D eigenvalue weighted by Gasteiger charge is -2.36. The van der Waals surface area contributed by atoms with Gasteiger partial charge >= 0.3 is 0 Å². The van der Waals surface area contributed by atoms with Gasteiger partial charge in [0.1, 0.15) is 11.6 Å². The Morgan fingerprint density at radius 3 is 2.59 bits per heavy atom. The van der Waals surface area contributed by atoms with Crippen molar-refractivity contribution in [1.82, 2.24) is 24.8 Å². The minimum absolute atomic E-state index is 0.179. The van der Waals surface area contributed by atoms with Gasteiger partial charge in [-0.25, -0.2) is 15.0 Å². The predicted octanol–water partition coefficient (Wildman–Crippen LogP) is 4.70. The SMILES string of the molecule is Cc1ccnc(Nc2cccc(-c3cnc(C4CCC(C(=O)N5CCN(C)CC5)CC4)s3)n2)c1. The summed E-state index contributed by atoms with van der Waals surface area (Å²) in [7, 11) is 2.12. The Kier molecular flexibility index (Phi) is 6.87. The molecule has 4 heterocycles. The van der Waals surface area contributed by atoms with Gasteiger partial charge in [0.25, 0.3) is 0 Å². The Morgan fingerprint density at radius 2 is 1.82 bits per heavy atom. The quantitative estimate of drug-likeness (QED) is 0.575. The van der Waals surface area contributed by atoms with E-state index in [9.17, 15) is 4.79 Å². The zero-order valence-electron chi connectivity index (χ0n) is 19.9. The van der Waals surface area contributed by atoms with Gasteiger partial charge in [-0.2, -0.15) is 0 Å². The number of pyridine rings is 2. The van der Waals surface area contributed by atoms with E-state index in [2.05, 4.69) is 27.1 Å². The molecule has 178 valence electrons. The van der Waals surface area contributed by atoms with Crippen LogP contribution in [-0.4, -0.2) is 63.9 Å². The van der Waals surface area contributed by atoms with Gasteiger partial charge in [0, 0.05) is 50.4 Å². The Hall–Kier alpha value is -2.84. The second kappa shape index (κ2) is 10.2. The maximum absolute atomic E-state index is 12.9. The van der Waals surface area contributed by atoms with E-state index in [0.717, 1.165) is 79.6 Å². The van der Waals surface area contributed by atoms with Gasteiger partial charge in [-0.05, 0) is 69.5 Å². The topological polar surface area (TPSA) is 74.2 Å². The molecule has 34 heavy (non-hydrogen) atoms. The summed E-state index contributed by atoms with van der Waals surface area (Å²) >= 11 is 1.73. The normalized spacial score (nSPS) is 21.4. The highest BCUT2D eigenvalue weighted by atomic mass is 32.1. The number of carbonyl (C=O) groups excluding carboxylic acids is 1. The minimum Gasteiger partial charge on any atom is -0.340 e. The monoisotopic (exact) mass is 476 g/mol. The van der Waals surface area contributed by atoms with Gasteiger partial charge in [0.15, 0.2) is 0 Å².